The Hall–Kier alpha value is -4.99. The van der Waals surface area contributed by atoms with Crippen LogP contribution < -0.4 is 21.4 Å². The fourth-order valence-electron chi connectivity index (χ4n) is 3.78. The number of fused-ring (bicyclic) bond motifs is 1. The zero-order chi connectivity index (χ0) is 24.4. The summed E-state index contributed by atoms with van der Waals surface area (Å²) in [7, 11) is 1.51. The third-order valence-corrected chi connectivity index (χ3v) is 5.52. The molecule has 0 bridgehead atoms. The van der Waals surface area contributed by atoms with E-state index in [1.807, 2.05) is 6.07 Å². The van der Waals surface area contributed by atoms with Gasteiger partial charge in [-0.25, -0.2) is 19.8 Å². The van der Waals surface area contributed by atoms with Gasteiger partial charge in [-0.2, -0.15) is 0 Å². The first-order chi connectivity index (χ1) is 17.0. The molecule has 174 valence electrons. The lowest BCUT2D eigenvalue weighted by molar-refractivity contribution is 0.0780. The average Bonchev–Trinajstić information content (AvgIpc) is 2.91. The van der Waals surface area contributed by atoms with Crippen LogP contribution in [0.1, 0.15) is 21.7 Å². The number of ether oxygens (including phenoxy) is 1. The van der Waals surface area contributed by atoms with Crippen LogP contribution in [0.3, 0.4) is 0 Å². The topological polar surface area (TPSA) is 122 Å². The molecule has 0 spiro atoms. The van der Waals surface area contributed by atoms with Gasteiger partial charge in [-0.3, -0.25) is 24.6 Å². The minimum Gasteiger partial charge on any atom is -0.497 e. The van der Waals surface area contributed by atoms with Crippen molar-refractivity contribution in [3.8, 4) is 5.75 Å². The molecular formula is C25H20N6O4. The molecule has 35 heavy (non-hydrogen) atoms. The predicted octanol–water partition coefficient (Wildman–Crippen LogP) is 2.05. The Morgan fingerprint density at radius 1 is 1.06 bits per heavy atom. The number of aromatic nitrogens is 4. The van der Waals surface area contributed by atoms with Gasteiger partial charge in [0, 0.05) is 35.9 Å². The van der Waals surface area contributed by atoms with Gasteiger partial charge in [0.05, 0.1) is 24.6 Å². The molecule has 0 radical (unpaired) electrons. The van der Waals surface area contributed by atoms with Gasteiger partial charge in [0.2, 0.25) is 0 Å². The molecule has 0 saturated heterocycles. The molecule has 0 unspecified atom stereocenters. The molecule has 1 aliphatic rings. The molecule has 2 aromatic heterocycles. The number of H-pyrrole nitrogens is 1. The third kappa shape index (κ3) is 4.32. The lowest BCUT2D eigenvalue weighted by atomic mass is 10.1. The smallest absolute Gasteiger partial charge is 0.329 e. The molecule has 2 N–H and O–H groups in total. The third-order valence-electron chi connectivity index (χ3n) is 5.52. The van der Waals surface area contributed by atoms with Crippen molar-refractivity contribution in [3.05, 3.63) is 117 Å². The first kappa shape index (κ1) is 21.8. The number of hydrogen-bond donors (Lipinski definition) is 2. The fourth-order valence-corrected chi connectivity index (χ4v) is 3.78. The number of nitrogens with one attached hydrogen (secondary N) is 2. The van der Waals surface area contributed by atoms with Crippen LogP contribution in [0.2, 0.25) is 0 Å². The lowest BCUT2D eigenvalue weighted by Gasteiger charge is -2.22. The lowest BCUT2D eigenvalue weighted by Crippen LogP contribution is -2.37. The van der Waals surface area contributed by atoms with E-state index in [9.17, 15) is 14.4 Å². The summed E-state index contributed by atoms with van der Waals surface area (Å²) in [4.78, 5) is 48.7. The molecule has 2 aromatic carbocycles. The Morgan fingerprint density at radius 2 is 1.89 bits per heavy atom. The van der Waals surface area contributed by atoms with E-state index in [4.69, 9.17) is 4.74 Å². The summed E-state index contributed by atoms with van der Waals surface area (Å²) in [6.07, 6.45) is 8.29. The second-order valence-corrected chi connectivity index (χ2v) is 7.72. The quantitative estimate of drug-likeness (QED) is 0.460. The second-order valence-electron chi connectivity index (χ2n) is 7.72. The normalized spacial score (nSPS) is 12.8. The molecule has 0 fully saturated rings. The number of nitrogens with zero attached hydrogens (tertiary/aromatic N) is 4. The summed E-state index contributed by atoms with van der Waals surface area (Å²) in [6, 6.07) is 13.6. The summed E-state index contributed by atoms with van der Waals surface area (Å²) < 4.78 is 6.64. The molecule has 1 amide bonds. The van der Waals surface area contributed by atoms with Crippen LogP contribution in [0.5, 0.6) is 5.75 Å². The SMILES string of the molecule is COc1ccc2c(c1)c(=O)[nH]c(=O)n2Cc1cccc(C(=O)N2C=CC(c3ncccn3)=CN2)c1. The number of carbonyl (C=O) groups is 1. The zero-order valence-corrected chi connectivity index (χ0v) is 18.6. The molecule has 0 atom stereocenters. The van der Waals surface area contributed by atoms with E-state index in [-0.39, 0.29) is 12.5 Å². The summed E-state index contributed by atoms with van der Waals surface area (Å²) in [5.74, 6) is 0.774. The highest BCUT2D eigenvalue weighted by atomic mass is 16.5. The minimum absolute atomic E-state index is 0.165. The van der Waals surface area contributed by atoms with E-state index >= 15 is 0 Å². The van der Waals surface area contributed by atoms with Crippen molar-refractivity contribution in [1.82, 2.24) is 30.0 Å². The van der Waals surface area contributed by atoms with Crippen molar-refractivity contribution in [2.75, 3.05) is 7.11 Å². The highest BCUT2D eigenvalue weighted by Gasteiger charge is 2.17. The summed E-state index contributed by atoms with van der Waals surface area (Å²) in [5, 5.41) is 1.68. The Balaban J connectivity index is 1.40. The van der Waals surface area contributed by atoms with Crippen LogP contribution in [0.4, 0.5) is 0 Å². The fraction of sp³-hybridized carbons (Fsp3) is 0.0800. The van der Waals surface area contributed by atoms with Crippen molar-refractivity contribution in [3.63, 3.8) is 0 Å². The number of amides is 1. The Morgan fingerprint density at radius 3 is 2.63 bits per heavy atom. The zero-order valence-electron chi connectivity index (χ0n) is 18.6. The van der Waals surface area contributed by atoms with Crippen molar-refractivity contribution in [2.45, 2.75) is 6.54 Å². The first-order valence-electron chi connectivity index (χ1n) is 10.7. The summed E-state index contributed by atoms with van der Waals surface area (Å²) in [6.45, 7) is 0.165. The number of aromatic amines is 1. The van der Waals surface area contributed by atoms with Gasteiger partial charge in [0.25, 0.3) is 11.5 Å². The van der Waals surface area contributed by atoms with Crippen LogP contribution in [-0.2, 0) is 6.54 Å². The minimum atomic E-state index is -0.536. The van der Waals surface area contributed by atoms with Crippen LogP contribution >= 0.6 is 0 Å². The Kier molecular flexibility index (Phi) is 5.68. The number of methoxy groups -OCH3 is 1. The summed E-state index contributed by atoms with van der Waals surface area (Å²) in [5.41, 5.74) is 4.27. The van der Waals surface area contributed by atoms with Gasteiger partial charge in [0.1, 0.15) is 5.75 Å². The van der Waals surface area contributed by atoms with Crippen LogP contribution in [-0.4, -0.2) is 37.5 Å². The van der Waals surface area contributed by atoms with E-state index in [1.54, 1.807) is 73.3 Å². The molecule has 0 aliphatic carbocycles. The largest absolute Gasteiger partial charge is 0.497 e. The molecule has 1 aliphatic heterocycles. The highest BCUT2D eigenvalue weighted by Crippen LogP contribution is 2.19. The Bertz CT molecular complexity index is 1600. The van der Waals surface area contributed by atoms with Crippen LogP contribution in [0, 0.1) is 0 Å². The second kappa shape index (κ2) is 9.10. The van der Waals surface area contributed by atoms with Crippen LogP contribution in [0.15, 0.2) is 89.0 Å². The molecule has 5 rings (SSSR count). The standard InChI is InChI=1S/C25H20N6O4/c1-35-19-6-7-21-20(13-19)23(32)29-25(34)30(21)15-16-4-2-5-17(12-16)24(33)31-11-8-18(14-28-31)22-26-9-3-10-27-22/h2-14,28H,15H2,1H3,(H,29,32,34). The maximum Gasteiger partial charge on any atom is 0.329 e. The number of benzene rings is 2. The number of allylic oxidation sites excluding steroid dienone is 2. The predicted molar refractivity (Wildman–Crippen MR) is 129 cm³/mol. The van der Waals surface area contributed by atoms with Gasteiger partial charge >= 0.3 is 5.69 Å². The van der Waals surface area contributed by atoms with Crippen molar-refractivity contribution in [1.29, 1.82) is 0 Å². The molecule has 10 heteroatoms. The first-order valence-corrected chi connectivity index (χ1v) is 10.7. The summed E-state index contributed by atoms with van der Waals surface area (Å²) >= 11 is 0. The number of carbonyl (C=O) groups excluding carboxylic acids is 1. The number of rotatable bonds is 5. The van der Waals surface area contributed by atoms with E-state index in [0.717, 1.165) is 11.1 Å². The average molecular weight is 468 g/mol. The molecule has 10 nitrogen and oxygen atoms in total. The van der Waals surface area contributed by atoms with Crippen molar-refractivity contribution >= 4 is 22.4 Å². The molecule has 0 saturated carbocycles. The maximum absolute atomic E-state index is 13.1. The highest BCUT2D eigenvalue weighted by molar-refractivity contribution is 5.95. The van der Waals surface area contributed by atoms with Crippen molar-refractivity contribution < 1.29 is 9.53 Å². The molecule has 3 heterocycles. The van der Waals surface area contributed by atoms with Crippen molar-refractivity contribution in [2.24, 2.45) is 0 Å². The van der Waals surface area contributed by atoms with E-state index < -0.39 is 11.2 Å². The van der Waals surface area contributed by atoms with Crippen LogP contribution in [0.25, 0.3) is 16.5 Å². The Labute approximate surface area is 198 Å². The van der Waals surface area contributed by atoms with E-state index in [0.29, 0.717) is 28.0 Å². The van der Waals surface area contributed by atoms with E-state index in [2.05, 4.69) is 20.4 Å². The molecule has 4 aromatic rings. The van der Waals surface area contributed by atoms with Gasteiger partial charge in [0.15, 0.2) is 5.82 Å². The molecular weight excluding hydrogens is 448 g/mol. The van der Waals surface area contributed by atoms with Gasteiger partial charge in [-0.05, 0) is 48.0 Å². The maximum atomic E-state index is 13.1. The van der Waals surface area contributed by atoms with Gasteiger partial charge in [-0.1, -0.05) is 12.1 Å². The monoisotopic (exact) mass is 468 g/mol. The number of hydrogen-bond acceptors (Lipinski definition) is 7. The van der Waals surface area contributed by atoms with E-state index in [1.165, 1.54) is 16.7 Å². The van der Waals surface area contributed by atoms with Gasteiger partial charge in [-0.15, -0.1) is 0 Å². The van der Waals surface area contributed by atoms with Gasteiger partial charge < -0.3 is 4.74 Å². The number of hydrazine groups is 1.